The van der Waals surface area contributed by atoms with E-state index in [9.17, 15) is 9.18 Å². The van der Waals surface area contributed by atoms with E-state index in [1.54, 1.807) is 19.2 Å². The Labute approximate surface area is 194 Å². The number of carbonyl (C=O) groups is 1. The Hall–Kier alpha value is -3.12. The van der Waals surface area contributed by atoms with Crippen LogP contribution in [0, 0.1) is 5.82 Å². The fourth-order valence-electron chi connectivity index (χ4n) is 4.53. The maximum Gasteiger partial charge on any atom is 0.223 e. The Kier molecular flexibility index (Phi) is 7.45. The fraction of sp³-hybridized carbons (Fsp3) is 0.370. The van der Waals surface area contributed by atoms with Gasteiger partial charge in [-0.25, -0.2) is 4.39 Å². The number of likely N-dealkylation sites (tertiary alicyclic amines) is 1. The van der Waals surface area contributed by atoms with Crippen molar-refractivity contribution in [2.75, 3.05) is 26.8 Å². The molecule has 1 aliphatic rings. The molecule has 6 heteroatoms. The zero-order valence-corrected chi connectivity index (χ0v) is 19.2. The van der Waals surface area contributed by atoms with Crippen LogP contribution >= 0.6 is 0 Å². The number of methoxy groups -OCH3 is 1. The lowest BCUT2D eigenvalue weighted by Gasteiger charge is -2.31. The van der Waals surface area contributed by atoms with Gasteiger partial charge in [-0.1, -0.05) is 18.2 Å². The monoisotopic (exact) mass is 450 g/mol. The summed E-state index contributed by atoms with van der Waals surface area (Å²) in [5, 5.41) is 5.67. The summed E-state index contributed by atoms with van der Waals surface area (Å²) in [6.07, 6.45) is 2.40. The van der Waals surface area contributed by atoms with Gasteiger partial charge in [0.1, 0.15) is 23.9 Å². The maximum atomic E-state index is 12.9. The van der Waals surface area contributed by atoms with Crippen LogP contribution in [0.15, 0.2) is 60.7 Å². The van der Waals surface area contributed by atoms with Crippen molar-refractivity contribution >= 4 is 16.7 Å². The van der Waals surface area contributed by atoms with E-state index in [1.807, 2.05) is 12.1 Å². The highest BCUT2D eigenvalue weighted by Gasteiger charge is 2.34. The van der Waals surface area contributed by atoms with Crippen molar-refractivity contribution in [3.63, 3.8) is 0 Å². The van der Waals surface area contributed by atoms with E-state index in [1.165, 1.54) is 12.1 Å². The first-order valence-corrected chi connectivity index (χ1v) is 11.5. The van der Waals surface area contributed by atoms with Crippen molar-refractivity contribution in [2.45, 2.75) is 38.3 Å². The van der Waals surface area contributed by atoms with Gasteiger partial charge in [-0.05, 0) is 85.1 Å². The van der Waals surface area contributed by atoms with E-state index in [0.717, 1.165) is 41.5 Å². The van der Waals surface area contributed by atoms with Crippen LogP contribution in [0.2, 0.25) is 0 Å². The second-order valence-corrected chi connectivity index (χ2v) is 8.48. The normalized spacial score (nSPS) is 16.9. The first kappa shape index (κ1) is 23.1. The van der Waals surface area contributed by atoms with Crippen LogP contribution in [0.4, 0.5) is 4.39 Å². The molecule has 0 spiro atoms. The third-order valence-electron chi connectivity index (χ3n) is 6.36. The Balaban J connectivity index is 1.29. The maximum absolute atomic E-state index is 12.9. The van der Waals surface area contributed by atoms with Gasteiger partial charge in [0, 0.05) is 19.0 Å². The molecule has 1 amide bonds. The number of nitrogens with zero attached hydrogens (tertiary/aromatic N) is 1. The molecule has 2 unspecified atom stereocenters. The minimum atomic E-state index is -0.269. The average molecular weight is 451 g/mol. The molecule has 0 aliphatic carbocycles. The highest BCUT2D eigenvalue weighted by Crippen LogP contribution is 2.33. The van der Waals surface area contributed by atoms with Gasteiger partial charge in [0.25, 0.3) is 0 Å². The van der Waals surface area contributed by atoms with E-state index in [4.69, 9.17) is 9.47 Å². The van der Waals surface area contributed by atoms with Crippen LogP contribution in [-0.4, -0.2) is 43.7 Å². The van der Waals surface area contributed by atoms with Gasteiger partial charge >= 0.3 is 0 Å². The van der Waals surface area contributed by atoms with Crippen molar-refractivity contribution < 1.29 is 18.7 Å². The minimum Gasteiger partial charge on any atom is -0.497 e. The number of carbonyl (C=O) groups excluding carboxylic acids is 1. The third kappa shape index (κ3) is 5.63. The number of halogens is 1. The van der Waals surface area contributed by atoms with Gasteiger partial charge in [0.2, 0.25) is 5.91 Å². The SMILES string of the molecule is COc1ccc2cc(C(C)N3C(=O)CCC3CCNCCOc3ccc(F)cc3)ccc2c1. The molecule has 174 valence electrons. The van der Waals surface area contributed by atoms with Gasteiger partial charge in [-0.15, -0.1) is 0 Å². The van der Waals surface area contributed by atoms with Crippen molar-refractivity contribution in [1.29, 1.82) is 0 Å². The summed E-state index contributed by atoms with van der Waals surface area (Å²) in [5.74, 6) is 1.46. The van der Waals surface area contributed by atoms with Crippen LogP contribution < -0.4 is 14.8 Å². The quantitative estimate of drug-likeness (QED) is 0.437. The molecule has 3 aromatic rings. The number of fused-ring (bicyclic) bond motifs is 1. The Morgan fingerprint density at radius 3 is 2.55 bits per heavy atom. The fourth-order valence-corrected chi connectivity index (χ4v) is 4.53. The van der Waals surface area contributed by atoms with Crippen LogP contribution in [0.3, 0.4) is 0 Å². The van der Waals surface area contributed by atoms with Crippen molar-refractivity contribution in [1.82, 2.24) is 10.2 Å². The summed E-state index contributed by atoms with van der Waals surface area (Å²) < 4.78 is 23.9. The lowest BCUT2D eigenvalue weighted by molar-refractivity contribution is -0.131. The van der Waals surface area contributed by atoms with Gasteiger partial charge in [-0.3, -0.25) is 4.79 Å². The number of ether oxygens (including phenoxy) is 2. The molecule has 33 heavy (non-hydrogen) atoms. The summed E-state index contributed by atoms with van der Waals surface area (Å²) in [7, 11) is 1.67. The minimum absolute atomic E-state index is 0.0262. The highest BCUT2D eigenvalue weighted by molar-refractivity contribution is 5.85. The predicted octanol–water partition coefficient (Wildman–Crippen LogP) is 5.10. The number of amides is 1. The lowest BCUT2D eigenvalue weighted by Crippen LogP contribution is -2.37. The second kappa shape index (κ2) is 10.7. The van der Waals surface area contributed by atoms with Crippen LogP contribution in [-0.2, 0) is 4.79 Å². The number of hydrogen-bond acceptors (Lipinski definition) is 4. The molecule has 1 N–H and O–H groups in total. The highest BCUT2D eigenvalue weighted by atomic mass is 19.1. The molecule has 3 aromatic carbocycles. The Bertz CT molecular complexity index is 1090. The largest absolute Gasteiger partial charge is 0.497 e. The molecule has 0 aromatic heterocycles. The zero-order valence-electron chi connectivity index (χ0n) is 19.2. The number of hydrogen-bond donors (Lipinski definition) is 1. The first-order chi connectivity index (χ1) is 16.0. The van der Waals surface area contributed by atoms with E-state index in [0.29, 0.717) is 25.3 Å². The smallest absolute Gasteiger partial charge is 0.223 e. The van der Waals surface area contributed by atoms with Crippen molar-refractivity contribution in [2.24, 2.45) is 0 Å². The molecule has 1 heterocycles. The molecule has 0 bridgehead atoms. The lowest BCUT2D eigenvalue weighted by atomic mass is 10.0. The molecule has 0 radical (unpaired) electrons. The number of nitrogens with one attached hydrogen (secondary N) is 1. The van der Waals surface area contributed by atoms with Crippen LogP contribution in [0.5, 0.6) is 11.5 Å². The third-order valence-corrected chi connectivity index (χ3v) is 6.36. The standard InChI is InChI=1S/C27H31FN2O3/c1-19(20-3-4-22-18-26(32-2)9-5-21(22)17-20)30-24(8-12-27(30)31)13-14-29-15-16-33-25-10-6-23(28)7-11-25/h3-7,9-11,17-19,24,29H,8,12-16H2,1-2H3. The Morgan fingerprint density at radius 1 is 1.03 bits per heavy atom. The summed E-state index contributed by atoms with van der Waals surface area (Å²) in [5.41, 5.74) is 1.15. The molecule has 5 nitrogen and oxygen atoms in total. The van der Waals surface area contributed by atoms with E-state index >= 15 is 0 Å². The number of rotatable bonds is 10. The summed E-state index contributed by atoms with van der Waals surface area (Å²) in [4.78, 5) is 14.8. The van der Waals surface area contributed by atoms with E-state index in [2.05, 4.69) is 41.4 Å². The predicted molar refractivity (Wildman–Crippen MR) is 128 cm³/mol. The average Bonchev–Trinajstić information content (AvgIpc) is 3.21. The van der Waals surface area contributed by atoms with Crippen molar-refractivity contribution in [3.8, 4) is 11.5 Å². The van der Waals surface area contributed by atoms with Gasteiger partial charge in [0.05, 0.1) is 13.2 Å². The van der Waals surface area contributed by atoms with Crippen LogP contribution in [0.1, 0.15) is 37.8 Å². The molecule has 1 aliphatic heterocycles. The molecular formula is C27H31FN2O3. The summed E-state index contributed by atoms with van der Waals surface area (Å²) in [6, 6.07) is 18.7. The van der Waals surface area contributed by atoms with Gasteiger partial charge in [0.15, 0.2) is 0 Å². The first-order valence-electron chi connectivity index (χ1n) is 11.5. The molecule has 1 fully saturated rings. The topological polar surface area (TPSA) is 50.8 Å². The van der Waals surface area contributed by atoms with Crippen molar-refractivity contribution in [3.05, 3.63) is 72.0 Å². The van der Waals surface area contributed by atoms with Gasteiger partial charge < -0.3 is 19.7 Å². The molecule has 0 saturated carbocycles. The molecular weight excluding hydrogens is 419 g/mol. The zero-order chi connectivity index (χ0) is 23.2. The Morgan fingerprint density at radius 2 is 1.76 bits per heavy atom. The summed E-state index contributed by atoms with van der Waals surface area (Å²) in [6.45, 7) is 4.13. The van der Waals surface area contributed by atoms with Crippen LogP contribution in [0.25, 0.3) is 10.8 Å². The van der Waals surface area contributed by atoms with E-state index < -0.39 is 0 Å². The number of benzene rings is 3. The second-order valence-electron chi connectivity index (χ2n) is 8.48. The van der Waals surface area contributed by atoms with E-state index in [-0.39, 0.29) is 23.8 Å². The molecule has 2 atom stereocenters. The molecule has 4 rings (SSSR count). The molecule has 1 saturated heterocycles. The van der Waals surface area contributed by atoms with Gasteiger partial charge in [-0.2, -0.15) is 0 Å². The summed E-state index contributed by atoms with van der Waals surface area (Å²) >= 11 is 0.